The van der Waals surface area contributed by atoms with E-state index in [1.54, 1.807) is 35.7 Å². The Bertz CT molecular complexity index is 1080. The summed E-state index contributed by atoms with van der Waals surface area (Å²) in [6.07, 6.45) is 7.66. The second kappa shape index (κ2) is 7.33. The number of fused-ring (bicyclic) bond motifs is 1. The fourth-order valence-corrected chi connectivity index (χ4v) is 4.42. The van der Waals surface area contributed by atoms with Gasteiger partial charge in [-0.1, -0.05) is 12.1 Å². The molecule has 0 N–H and O–H groups in total. The highest BCUT2D eigenvalue weighted by Gasteiger charge is 2.48. The van der Waals surface area contributed by atoms with Crippen LogP contribution in [0.2, 0.25) is 0 Å². The molecule has 0 unspecified atom stereocenters. The van der Waals surface area contributed by atoms with E-state index in [1.165, 1.54) is 0 Å². The van der Waals surface area contributed by atoms with E-state index in [4.69, 9.17) is 0 Å². The van der Waals surface area contributed by atoms with Gasteiger partial charge in [-0.25, -0.2) is 0 Å². The number of hydrogen-bond acceptors (Lipinski definition) is 6. The van der Waals surface area contributed by atoms with Gasteiger partial charge in [0.1, 0.15) is 12.7 Å². The molecule has 0 spiro atoms. The molecule has 5 rings (SSSR count). The third kappa shape index (κ3) is 3.12. The first-order chi connectivity index (χ1) is 14.6. The molecule has 30 heavy (non-hydrogen) atoms. The summed E-state index contributed by atoms with van der Waals surface area (Å²) in [7, 11) is 0. The predicted octanol–water partition coefficient (Wildman–Crippen LogP) is 1.38. The van der Waals surface area contributed by atoms with Gasteiger partial charge in [0.05, 0.1) is 47.5 Å². The Hall–Kier alpha value is -3.62. The van der Waals surface area contributed by atoms with Crippen molar-refractivity contribution in [2.45, 2.75) is 38.4 Å². The van der Waals surface area contributed by atoms with Gasteiger partial charge in [0.15, 0.2) is 0 Å². The monoisotopic (exact) mass is 403 g/mol. The van der Waals surface area contributed by atoms with Crippen molar-refractivity contribution in [2.75, 3.05) is 6.54 Å². The van der Waals surface area contributed by atoms with Gasteiger partial charge >= 0.3 is 0 Å². The molecule has 0 aliphatic carbocycles. The average molecular weight is 403 g/mol. The van der Waals surface area contributed by atoms with Crippen LogP contribution in [0.4, 0.5) is 0 Å². The Morgan fingerprint density at radius 2 is 1.90 bits per heavy atom. The van der Waals surface area contributed by atoms with Crippen LogP contribution in [0, 0.1) is 6.92 Å². The smallest absolute Gasteiger partial charge is 0.256 e. The zero-order valence-corrected chi connectivity index (χ0v) is 16.5. The van der Waals surface area contributed by atoms with Crippen LogP contribution in [0.3, 0.4) is 0 Å². The first kappa shape index (κ1) is 18.4. The van der Waals surface area contributed by atoms with Crippen molar-refractivity contribution in [1.82, 2.24) is 34.5 Å². The number of nitrogens with zero attached hydrogens (tertiary/aromatic N) is 7. The molecule has 3 aromatic rings. The zero-order valence-electron chi connectivity index (χ0n) is 16.5. The molecule has 2 amide bonds. The van der Waals surface area contributed by atoms with Crippen LogP contribution in [0.5, 0.6) is 0 Å². The molecule has 2 atom stereocenters. The maximum Gasteiger partial charge on any atom is 0.256 e. The van der Waals surface area contributed by atoms with E-state index in [-0.39, 0.29) is 23.9 Å². The lowest BCUT2D eigenvalue weighted by atomic mass is 10.1. The van der Waals surface area contributed by atoms with E-state index in [1.807, 2.05) is 34.9 Å². The van der Waals surface area contributed by atoms with Crippen LogP contribution in [0.1, 0.15) is 34.6 Å². The molecule has 2 fully saturated rings. The number of hydrogen-bond donors (Lipinski definition) is 0. The lowest BCUT2D eigenvalue weighted by molar-refractivity contribution is -0.129. The maximum atomic E-state index is 13.4. The van der Waals surface area contributed by atoms with Crippen LogP contribution in [0.15, 0.2) is 49.3 Å². The second-order valence-electron chi connectivity index (χ2n) is 7.68. The maximum absolute atomic E-state index is 13.4. The molecule has 1 aromatic carbocycles. The van der Waals surface area contributed by atoms with Gasteiger partial charge in [0, 0.05) is 19.2 Å². The SMILES string of the molecule is Cc1cnc(CN2C(=O)C[C@H]3[C@@H]2CCN3C(=O)c2ccccc2-n2cnnc2)cn1. The largest absolute Gasteiger partial charge is 0.333 e. The van der Waals surface area contributed by atoms with Gasteiger partial charge in [-0.3, -0.25) is 24.1 Å². The summed E-state index contributed by atoms with van der Waals surface area (Å²) in [4.78, 5) is 38.5. The fraction of sp³-hybridized carbons (Fsp3) is 0.333. The Labute approximate surface area is 173 Å². The van der Waals surface area contributed by atoms with Crippen molar-refractivity contribution < 1.29 is 9.59 Å². The minimum absolute atomic E-state index is 0.00614. The summed E-state index contributed by atoms with van der Waals surface area (Å²) >= 11 is 0. The van der Waals surface area contributed by atoms with Crippen molar-refractivity contribution >= 4 is 11.8 Å². The molecule has 9 heteroatoms. The summed E-state index contributed by atoms with van der Waals surface area (Å²) < 4.78 is 1.73. The number of rotatable bonds is 4. The quantitative estimate of drug-likeness (QED) is 0.653. The van der Waals surface area contributed by atoms with E-state index < -0.39 is 0 Å². The van der Waals surface area contributed by atoms with Gasteiger partial charge in [0.2, 0.25) is 5.91 Å². The molecule has 2 aliphatic rings. The highest BCUT2D eigenvalue weighted by molar-refractivity contribution is 5.99. The van der Waals surface area contributed by atoms with Crippen LogP contribution in [0.25, 0.3) is 5.69 Å². The molecule has 2 saturated heterocycles. The lowest BCUT2D eigenvalue weighted by Crippen LogP contribution is -2.40. The molecule has 2 aliphatic heterocycles. The number of aromatic nitrogens is 5. The third-order valence-corrected chi connectivity index (χ3v) is 5.87. The number of carbonyl (C=O) groups excluding carboxylic acids is 2. The van der Waals surface area contributed by atoms with E-state index >= 15 is 0 Å². The van der Waals surface area contributed by atoms with Gasteiger partial charge in [-0.05, 0) is 25.5 Å². The average Bonchev–Trinajstić information content (AvgIpc) is 3.48. The van der Waals surface area contributed by atoms with Crippen molar-refractivity contribution in [3.05, 3.63) is 66.3 Å². The molecule has 0 bridgehead atoms. The van der Waals surface area contributed by atoms with Gasteiger partial charge in [-0.15, -0.1) is 10.2 Å². The Morgan fingerprint density at radius 3 is 2.67 bits per heavy atom. The minimum Gasteiger partial charge on any atom is -0.333 e. The Morgan fingerprint density at radius 1 is 1.10 bits per heavy atom. The molecule has 152 valence electrons. The van der Waals surface area contributed by atoms with Crippen molar-refractivity contribution in [3.63, 3.8) is 0 Å². The lowest BCUT2D eigenvalue weighted by Gasteiger charge is -2.26. The normalized spacial score (nSPS) is 20.6. The highest BCUT2D eigenvalue weighted by Crippen LogP contribution is 2.34. The summed E-state index contributed by atoms with van der Waals surface area (Å²) in [5.41, 5.74) is 2.91. The molecule has 2 aromatic heterocycles. The molecule has 0 saturated carbocycles. The standard InChI is InChI=1S/C21H21N7O2/c1-14-9-23-15(10-22-14)11-28-18-6-7-27(19(18)8-20(28)29)21(30)16-4-2-3-5-17(16)26-12-24-25-13-26/h2-5,9-10,12-13,18-19H,6-8,11H2,1H3/t18-,19-/m0/s1. The Kier molecular flexibility index (Phi) is 4.50. The fourth-order valence-electron chi connectivity index (χ4n) is 4.42. The summed E-state index contributed by atoms with van der Waals surface area (Å²) in [5.74, 6) is -0.0199. The number of benzene rings is 1. The van der Waals surface area contributed by atoms with E-state index in [0.717, 1.165) is 23.5 Å². The second-order valence-corrected chi connectivity index (χ2v) is 7.68. The van der Waals surface area contributed by atoms with E-state index in [2.05, 4.69) is 20.2 Å². The zero-order chi connectivity index (χ0) is 20.7. The minimum atomic E-state index is -0.127. The molecule has 9 nitrogen and oxygen atoms in total. The highest BCUT2D eigenvalue weighted by atomic mass is 16.2. The summed E-state index contributed by atoms with van der Waals surface area (Å²) in [5, 5.41) is 7.68. The van der Waals surface area contributed by atoms with Crippen LogP contribution < -0.4 is 0 Å². The van der Waals surface area contributed by atoms with Crippen molar-refractivity contribution in [3.8, 4) is 5.69 Å². The van der Waals surface area contributed by atoms with Crippen molar-refractivity contribution in [1.29, 1.82) is 0 Å². The summed E-state index contributed by atoms with van der Waals surface area (Å²) in [6, 6.07) is 7.27. The van der Waals surface area contributed by atoms with E-state index in [9.17, 15) is 9.59 Å². The number of likely N-dealkylation sites (tertiary alicyclic amines) is 2. The first-order valence-corrected chi connectivity index (χ1v) is 9.94. The van der Waals surface area contributed by atoms with Gasteiger partial charge in [-0.2, -0.15) is 0 Å². The van der Waals surface area contributed by atoms with E-state index in [0.29, 0.717) is 25.1 Å². The molecular formula is C21H21N7O2. The molecule has 0 radical (unpaired) electrons. The number of carbonyl (C=O) groups is 2. The van der Waals surface area contributed by atoms with Crippen LogP contribution >= 0.6 is 0 Å². The number of para-hydroxylation sites is 1. The first-order valence-electron chi connectivity index (χ1n) is 9.94. The van der Waals surface area contributed by atoms with Crippen molar-refractivity contribution in [2.24, 2.45) is 0 Å². The van der Waals surface area contributed by atoms with Gasteiger partial charge in [0.25, 0.3) is 5.91 Å². The molecular weight excluding hydrogens is 382 g/mol. The Balaban J connectivity index is 1.38. The van der Waals surface area contributed by atoms with Gasteiger partial charge < -0.3 is 9.80 Å². The van der Waals surface area contributed by atoms with Crippen LogP contribution in [-0.4, -0.2) is 65.0 Å². The topological polar surface area (TPSA) is 97.1 Å². The molecule has 4 heterocycles. The summed E-state index contributed by atoms with van der Waals surface area (Å²) in [6.45, 7) is 2.92. The predicted molar refractivity (Wildman–Crippen MR) is 107 cm³/mol. The number of aryl methyl sites for hydroxylation is 1. The third-order valence-electron chi connectivity index (χ3n) is 5.87. The number of amides is 2. The van der Waals surface area contributed by atoms with Crippen LogP contribution in [-0.2, 0) is 11.3 Å².